The highest BCUT2D eigenvalue weighted by molar-refractivity contribution is 6.32. The van der Waals surface area contributed by atoms with Crippen molar-refractivity contribution in [2.75, 3.05) is 20.7 Å². The molecule has 0 aliphatic carbocycles. The number of halogens is 2. The number of nitrogens with zero attached hydrogens (tertiary/aromatic N) is 1. The Labute approximate surface area is 590 Å². The number of benzene rings is 5. The van der Waals surface area contributed by atoms with Crippen molar-refractivity contribution in [2.24, 2.45) is 17.4 Å². The van der Waals surface area contributed by atoms with Gasteiger partial charge in [-0.3, -0.25) is 43.3 Å². The number of carbonyl (C=O) groups excluding carboxylic acids is 8. The Kier molecular flexibility index (Phi) is 22.3. The highest BCUT2D eigenvalue weighted by atomic mass is 35.5. The number of Topliss-reactive ketones (excluding diaryl/α,β-unsaturated/α-hetero) is 1. The molecule has 11 bridgehead atoms. The third-order valence-electron chi connectivity index (χ3n) is 17.8. The molecule has 0 radical (unpaired) electrons. The van der Waals surface area contributed by atoms with E-state index in [1.54, 1.807) is 19.0 Å². The molecule has 7 aliphatic heterocycles. The lowest BCUT2D eigenvalue weighted by Crippen LogP contribution is -2.60. The number of aromatic hydroxyl groups is 3. The average Bonchev–Trinajstić information content (AvgIpc) is 0.764. The number of phenolic OH excluding ortho intramolecular Hbond substituents is 3. The average molecular weight is 1460 g/mol. The van der Waals surface area contributed by atoms with Crippen LogP contribution in [0.25, 0.3) is 11.1 Å². The Morgan fingerprint density at radius 1 is 0.716 bits per heavy atom. The minimum Gasteiger partial charge on any atom is -0.508 e. The molecule has 0 saturated carbocycles. The van der Waals surface area contributed by atoms with Crippen LogP contribution in [0.1, 0.15) is 105 Å². The number of likely N-dealkylation sites (N-methyl/N-ethyl adjacent to an activating group) is 1. The Bertz CT molecular complexity index is 4160. The van der Waals surface area contributed by atoms with Crippen molar-refractivity contribution in [3.05, 3.63) is 117 Å². The van der Waals surface area contributed by atoms with Gasteiger partial charge in [-0.1, -0.05) is 55.2 Å². The third kappa shape index (κ3) is 15.8. The summed E-state index contributed by atoms with van der Waals surface area (Å²) in [4.78, 5) is 134. The van der Waals surface area contributed by atoms with Crippen LogP contribution in [0, 0.1) is 5.92 Å². The fraction of sp³-hybridized carbons (Fsp3) is 0.418. The lowest BCUT2D eigenvalue weighted by atomic mass is 9.88. The van der Waals surface area contributed by atoms with E-state index in [-0.39, 0.29) is 39.8 Å². The van der Waals surface area contributed by atoms with Gasteiger partial charge in [0.2, 0.25) is 53.4 Å². The van der Waals surface area contributed by atoms with Crippen molar-refractivity contribution < 1.29 is 118 Å². The molecule has 33 nitrogen and oxygen atoms in total. The van der Waals surface area contributed by atoms with Gasteiger partial charge in [0.05, 0.1) is 34.7 Å². The quantitative estimate of drug-likeness (QED) is 0.0770. The van der Waals surface area contributed by atoms with E-state index in [2.05, 4.69) is 31.9 Å². The van der Waals surface area contributed by atoms with Gasteiger partial charge >= 0.3 is 5.97 Å². The van der Waals surface area contributed by atoms with Gasteiger partial charge in [-0.2, -0.15) is 0 Å². The first-order chi connectivity index (χ1) is 48.0. The summed E-state index contributed by atoms with van der Waals surface area (Å²) in [5.41, 5.74) is 7.82. The van der Waals surface area contributed by atoms with Crippen molar-refractivity contribution in [3.8, 4) is 57.1 Å². The highest BCUT2D eigenvalue weighted by Crippen LogP contribution is 2.50. The van der Waals surface area contributed by atoms with Crippen molar-refractivity contribution in [1.82, 2.24) is 36.8 Å². The molecular weight excluding hydrogens is 1390 g/mol. The summed E-state index contributed by atoms with van der Waals surface area (Å²) < 4.78 is 37.8. The fourth-order valence-corrected chi connectivity index (χ4v) is 13.0. The number of hydrogen-bond donors (Lipinski definition) is 17. The molecule has 7 aliphatic rings. The van der Waals surface area contributed by atoms with E-state index >= 15 is 19.2 Å². The predicted molar refractivity (Wildman–Crippen MR) is 353 cm³/mol. The van der Waals surface area contributed by atoms with E-state index in [1.165, 1.54) is 32.0 Å². The Morgan fingerprint density at radius 2 is 1.32 bits per heavy atom. The first-order valence-corrected chi connectivity index (χ1v) is 32.6. The molecule has 5 aromatic carbocycles. The predicted octanol–water partition coefficient (Wildman–Crippen LogP) is 0.657. The number of aliphatic hydroxyl groups is 5. The van der Waals surface area contributed by atoms with Crippen LogP contribution in [0.15, 0.2) is 78.9 Å². The zero-order valence-electron chi connectivity index (χ0n) is 55.2. The Morgan fingerprint density at radius 3 is 1.92 bits per heavy atom. The van der Waals surface area contributed by atoms with Gasteiger partial charge in [0.15, 0.2) is 29.6 Å². The second kappa shape index (κ2) is 30.2. The van der Waals surface area contributed by atoms with E-state index in [0.29, 0.717) is 0 Å². The lowest BCUT2D eigenvalue weighted by molar-refractivity contribution is -0.277. The molecule has 2 saturated heterocycles. The molecule has 7 amide bonds. The number of amides is 7. The molecule has 546 valence electrons. The molecule has 0 aromatic heterocycles. The number of ketones is 1. The van der Waals surface area contributed by atoms with Gasteiger partial charge in [-0.15, -0.1) is 0 Å². The summed E-state index contributed by atoms with van der Waals surface area (Å²) in [5, 5.41) is 115. The lowest BCUT2D eigenvalue weighted by Gasteiger charge is -2.40. The number of aliphatic hydroxyl groups excluding tert-OH is 5. The van der Waals surface area contributed by atoms with Crippen LogP contribution in [0.4, 0.5) is 0 Å². The SMILES string of the molecule is CC(C)C[C@H](C(=O)N[C@H]1C(=O)NC(CC(N)=O)C(=O)N[C@H]2C(=O)N[C@H]3C(=O)N[C@H](C(=O)N[C@H](C(=O)O)c4cc(O)cc(O)c4-c4cc3ccc4O)[C@H](O[C@H]3C[C@](C)(N)C(=O)[C@H](C)O3)c3ccc(c(Cl)c3)Oc3cc2cc(c3O[C@@H]2O[C@H](CO)[C@@H](O)[C@H](O)[C@H]2O)Oc2ccc(cc2Cl)[C@H]1O)N(C)C. The maximum atomic E-state index is 16.1. The number of fused-ring (bicyclic) bond motifs is 15. The first-order valence-electron chi connectivity index (χ1n) is 31.8. The smallest absolute Gasteiger partial charge is 0.330 e. The molecule has 0 spiro atoms. The molecule has 5 aromatic rings. The van der Waals surface area contributed by atoms with Crippen LogP contribution in [-0.2, 0) is 57.4 Å². The number of nitrogens with one attached hydrogen (secondary N) is 6. The Balaban J connectivity index is 1.26. The van der Waals surface area contributed by atoms with Crippen LogP contribution in [0.5, 0.6) is 46.0 Å². The van der Waals surface area contributed by atoms with E-state index in [4.69, 9.17) is 63.1 Å². The van der Waals surface area contributed by atoms with E-state index in [0.717, 1.165) is 60.7 Å². The van der Waals surface area contributed by atoms with Crippen LogP contribution in [0.3, 0.4) is 0 Å². The van der Waals surface area contributed by atoms with Crippen molar-refractivity contribution in [1.29, 1.82) is 0 Å². The molecule has 12 rings (SSSR count). The third-order valence-corrected chi connectivity index (χ3v) is 18.4. The number of carbonyl (C=O) groups is 9. The first kappa shape index (κ1) is 75.2. The number of ether oxygens (including phenoxy) is 6. The van der Waals surface area contributed by atoms with Gasteiger partial charge < -0.3 is 118 Å². The van der Waals surface area contributed by atoms with Crippen molar-refractivity contribution >= 4 is 76.3 Å². The number of phenols is 3. The zero-order chi connectivity index (χ0) is 74.4. The zero-order valence-corrected chi connectivity index (χ0v) is 56.7. The summed E-state index contributed by atoms with van der Waals surface area (Å²) in [7, 11) is 3.19. The van der Waals surface area contributed by atoms with Crippen LogP contribution in [0.2, 0.25) is 10.0 Å². The van der Waals surface area contributed by atoms with Crippen LogP contribution < -0.4 is 57.6 Å². The molecular formula is C67H75Cl2N9O24. The number of nitrogens with two attached hydrogens (primary N) is 2. The fourth-order valence-electron chi connectivity index (χ4n) is 12.5. The van der Waals surface area contributed by atoms with Gasteiger partial charge in [0.1, 0.15) is 102 Å². The maximum absolute atomic E-state index is 16.1. The molecule has 1 unspecified atom stereocenters. The molecule has 102 heavy (non-hydrogen) atoms. The van der Waals surface area contributed by atoms with Crippen molar-refractivity contribution in [3.63, 3.8) is 0 Å². The molecule has 2 fully saturated rings. The molecule has 17 atom stereocenters. The van der Waals surface area contributed by atoms with Gasteiger partial charge in [0.25, 0.3) is 0 Å². The monoisotopic (exact) mass is 1460 g/mol. The highest BCUT2D eigenvalue weighted by Gasteiger charge is 2.49. The number of primary amides is 1. The Hall–Kier alpha value is -9.49. The van der Waals surface area contributed by atoms with Crippen LogP contribution in [-0.4, -0.2) is 197 Å². The topological polar surface area (TPSA) is 519 Å². The largest absolute Gasteiger partial charge is 0.508 e. The van der Waals surface area contributed by atoms with Gasteiger partial charge in [0, 0.05) is 29.2 Å². The summed E-state index contributed by atoms with van der Waals surface area (Å²) in [5.74, 6) is -16.6. The number of hydrogen-bond acceptors (Lipinski definition) is 25. The van der Waals surface area contributed by atoms with E-state index < -0.39 is 243 Å². The molecule has 35 heteroatoms. The summed E-state index contributed by atoms with van der Waals surface area (Å²) >= 11 is 14.2. The second-order valence-corrected chi connectivity index (χ2v) is 26.9. The summed E-state index contributed by atoms with van der Waals surface area (Å²) in [6.07, 6.45) is -18.1. The number of rotatable bonds is 13. The van der Waals surface area contributed by atoms with E-state index in [1.807, 2.05) is 13.8 Å². The second-order valence-electron chi connectivity index (χ2n) is 26.1. The minimum atomic E-state index is -2.35. The van der Waals surface area contributed by atoms with E-state index in [9.17, 15) is 69.9 Å². The van der Waals surface area contributed by atoms with Crippen molar-refractivity contribution in [2.45, 2.75) is 150 Å². The van der Waals surface area contributed by atoms with Gasteiger partial charge in [-0.25, -0.2) is 4.79 Å². The molecule has 7 heterocycles. The number of aliphatic carboxylic acids is 1. The summed E-state index contributed by atoms with van der Waals surface area (Å²) in [6, 6.07) is -0.470. The number of carboxylic acids is 1. The molecule has 19 N–H and O–H groups in total. The van der Waals surface area contributed by atoms with Gasteiger partial charge in [-0.05, 0) is 117 Å². The summed E-state index contributed by atoms with van der Waals surface area (Å²) in [6.45, 7) is 5.44. The number of carboxylic acid groups (broad SMARTS) is 1. The van der Waals surface area contributed by atoms with Crippen LogP contribution >= 0.6 is 23.2 Å². The standard InChI is InChI=1S/C67H75Cl2N9O24/c1-24(2)13-36(78(5)6)60(90)76-50-52(84)27-8-11-39(33(68)15-27)98-41-17-29-18-42(57(41)102-66-55(87)54(86)53(85)43(23-79)100-66)99-40-12-9-28(16-34(40)69)56(101-45-22-67(4,71)58(88)25(3)97-45)51-64(94)75-49(65(95)96)32-19-30(80)20-38(82)46(32)31-14-26(7-10-37(31)81)47(61(91)77-51)74-62(92)48(29)73-59(89)35(21-44(70)83)72-63(50)93/h7-12,14-20,24-25,35-36,43,45,47-56,66,79-82,84-87H,13,21-23,71H2,1-6H3,(H2,70,83)(H,72,93)(H,73,89)(H,74,92)(H,75,94)(H,76,90)(H,77,91)(H,95,96)/t25-,35?,36+,43+,45-,47+,48+,49-,50+,51-,52+,53+,54-,55+,56+,66-,67-/m0/s1. The maximum Gasteiger partial charge on any atom is 0.330 e. The minimum absolute atomic E-state index is 0.0929. The normalized spacial score (nSPS) is 28.6.